The number of Topliss-reactive ketones (excluding diaryl/α,β-unsaturated/α-hetero) is 1. The van der Waals surface area contributed by atoms with Gasteiger partial charge in [0.05, 0.1) is 12.0 Å². The SMILES string of the molecule is O=C(O)CCC(=O)c1ccccc1C(F)(F)F. The highest BCUT2D eigenvalue weighted by Crippen LogP contribution is 2.32. The van der Waals surface area contributed by atoms with Gasteiger partial charge in [0.25, 0.3) is 0 Å². The van der Waals surface area contributed by atoms with Crippen LogP contribution in [-0.4, -0.2) is 16.9 Å². The molecule has 1 rings (SSSR count). The van der Waals surface area contributed by atoms with Crippen LogP contribution in [0.1, 0.15) is 28.8 Å². The maximum absolute atomic E-state index is 12.5. The maximum atomic E-state index is 12.5. The van der Waals surface area contributed by atoms with Crippen molar-refractivity contribution in [2.75, 3.05) is 0 Å². The highest BCUT2D eigenvalue weighted by molar-refractivity contribution is 5.98. The van der Waals surface area contributed by atoms with Crippen LogP contribution in [0.3, 0.4) is 0 Å². The van der Waals surface area contributed by atoms with E-state index in [2.05, 4.69) is 0 Å². The first kappa shape index (κ1) is 13.2. The van der Waals surface area contributed by atoms with Gasteiger partial charge in [-0.15, -0.1) is 0 Å². The van der Waals surface area contributed by atoms with Crippen molar-refractivity contribution in [3.05, 3.63) is 35.4 Å². The third kappa shape index (κ3) is 3.58. The highest BCUT2D eigenvalue weighted by atomic mass is 19.4. The fourth-order valence-electron chi connectivity index (χ4n) is 1.33. The zero-order valence-corrected chi connectivity index (χ0v) is 8.62. The Morgan fingerprint density at radius 3 is 2.24 bits per heavy atom. The summed E-state index contributed by atoms with van der Waals surface area (Å²) in [5, 5.41) is 8.36. The first-order valence-corrected chi connectivity index (χ1v) is 4.73. The number of halogens is 3. The van der Waals surface area contributed by atoms with E-state index in [1.165, 1.54) is 12.1 Å². The van der Waals surface area contributed by atoms with Crippen molar-refractivity contribution in [2.24, 2.45) is 0 Å². The molecule has 1 aromatic carbocycles. The first-order valence-electron chi connectivity index (χ1n) is 4.73. The van der Waals surface area contributed by atoms with E-state index in [0.29, 0.717) is 0 Å². The van der Waals surface area contributed by atoms with Crippen molar-refractivity contribution in [3.8, 4) is 0 Å². The second kappa shape index (κ2) is 4.99. The topological polar surface area (TPSA) is 54.4 Å². The Balaban J connectivity index is 2.98. The Morgan fingerprint density at radius 2 is 1.71 bits per heavy atom. The van der Waals surface area contributed by atoms with E-state index < -0.39 is 41.9 Å². The van der Waals surface area contributed by atoms with Crippen LogP contribution in [-0.2, 0) is 11.0 Å². The molecule has 0 unspecified atom stereocenters. The molecule has 3 nitrogen and oxygen atoms in total. The van der Waals surface area contributed by atoms with Crippen LogP contribution >= 0.6 is 0 Å². The second-order valence-corrected chi connectivity index (χ2v) is 3.36. The zero-order chi connectivity index (χ0) is 13.1. The molecule has 6 heteroatoms. The molecule has 0 aliphatic heterocycles. The number of carbonyl (C=O) groups excluding carboxylic acids is 1. The lowest BCUT2D eigenvalue weighted by Gasteiger charge is -2.11. The zero-order valence-electron chi connectivity index (χ0n) is 8.62. The summed E-state index contributed by atoms with van der Waals surface area (Å²) in [7, 11) is 0. The minimum absolute atomic E-state index is 0.442. The van der Waals surface area contributed by atoms with E-state index in [0.717, 1.165) is 12.1 Å². The molecule has 1 N–H and O–H groups in total. The minimum atomic E-state index is -4.62. The molecule has 0 bridgehead atoms. The number of ketones is 1. The van der Waals surface area contributed by atoms with Crippen LogP contribution < -0.4 is 0 Å². The van der Waals surface area contributed by atoms with Gasteiger partial charge in [0.2, 0.25) is 0 Å². The van der Waals surface area contributed by atoms with E-state index in [1.54, 1.807) is 0 Å². The van der Waals surface area contributed by atoms with Gasteiger partial charge in [0, 0.05) is 12.0 Å². The molecule has 92 valence electrons. The van der Waals surface area contributed by atoms with Gasteiger partial charge in [-0.05, 0) is 6.07 Å². The summed E-state index contributed by atoms with van der Waals surface area (Å²) < 4.78 is 37.6. The summed E-state index contributed by atoms with van der Waals surface area (Å²) in [5.41, 5.74) is -1.52. The predicted molar refractivity (Wildman–Crippen MR) is 52.6 cm³/mol. The van der Waals surface area contributed by atoms with E-state index in [9.17, 15) is 22.8 Å². The maximum Gasteiger partial charge on any atom is 0.417 e. The number of carbonyl (C=O) groups is 2. The quantitative estimate of drug-likeness (QED) is 0.831. The van der Waals surface area contributed by atoms with Crippen LogP contribution in [0.15, 0.2) is 24.3 Å². The molecule has 0 aliphatic rings. The van der Waals surface area contributed by atoms with E-state index >= 15 is 0 Å². The molecule has 0 amide bonds. The Hall–Kier alpha value is -1.85. The molecule has 0 saturated heterocycles. The molecule has 1 aromatic rings. The van der Waals surface area contributed by atoms with Gasteiger partial charge < -0.3 is 5.11 Å². The monoisotopic (exact) mass is 246 g/mol. The van der Waals surface area contributed by atoms with Gasteiger partial charge in [0.15, 0.2) is 5.78 Å². The second-order valence-electron chi connectivity index (χ2n) is 3.36. The van der Waals surface area contributed by atoms with Crippen LogP contribution in [0, 0.1) is 0 Å². The number of alkyl halides is 3. The molecule has 0 fully saturated rings. The molecule has 0 aliphatic carbocycles. The molecule has 0 heterocycles. The smallest absolute Gasteiger partial charge is 0.417 e. The number of benzene rings is 1. The van der Waals surface area contributed by atoms with Crippen LogP contribution in [0.4, 0.5) is 13.2 Å². The van der Waals surface area contributed by atoms with Crippen molar-refractivity contribution in [1.82, 2.24) is 0 Å². The lowest BCUT2D eigenvalue weighted by molar-refractivity contribution is -0.138. The summed E-state index contributed by atoms with van der Waals surface area (Å²) in [6.45, 7) is 0. The minimum Gasteiger partial charge on any atom is -0.481 e. The van der Waals surface area contributed by atoms with Crippen LogP contribution in [0.5, 0.6) is 0 Å². The van der Waals surface area contributed by atoms with Crippen molar-refractivity contribution >= 4 is 11.8 Å². The summed E-state index contributed by atoms with van der Waals surface area (Å²) >= 11 is 0. The molecule has 0 saturated carbocycles. The largest absolute Gasteiger partial charge is 0.481 e. The fraction of sp³-hybridized carbons (Fsp3) is 0.273. The molecule has 0 spiro atoms. The number of hydrogen-bond acceptors (Lipinski definition) is 2. The Kier molecular flexibility index (Phi) is 3.88. The molecule has 0 radical (unpaired) electrons. The summed E-state index contributed by atoms with van der Waals surface area (Å²) in [6.07, 6.45) is -5.54. The van der Waals surface area contributed by atoms with Gasteiger partial charge in [-0.2, -0.15) is 13.2 Å². The van der Waals surface area contributed by atoms with Crippen molar-refractivity contribution in [3.63, 3.8) is 0 Å². The third-order valence-electron chi connectivity index (χ3n) is 2.10. The predicted octanol–water partition coefficient (Wildman–Crippen LogP) is 2.75. The fourth-order valence-corrected chi connectivity index (χ4v) is 1.33. The number of rotatable bonds is 4. The molecular formula is C11H9F3O3. The Morgan fingerprint density at radius 1 is 1.12 bits per heavy atom. The molecular weight excluding hydrogens is 237 g/mol. The van der Waals surface area contributed by atoms with E-state index in [4.69, 9.17) is 5.11 Å². The van der Waals surface area contributed by atoms with E-state index in [-0.39, 0.29) is 0 Å². The first-order chi connectivity index (χ1) is 7.82. The van der Waals surface area contributed by atoms with Gasteiger partial charge in [-0.3, -0.25) is 9.59 Å². The van der Waals surface area contributed by atoms with Crippen molar-refractivity contribution in [1.29, 1.82) is 0 Å². The van der Waals surface area contributed by atoms with Crippen LogP contribution in [0.25, 0.3) is 0 Å². The number of hydrogen-bond donors (Lipinski definition) is 1. The van der Waals surface area contributed by atoms with E-state index in [1.807, 2.05) is 0 Å². The molecule has 0 aromatic heterocycles. The number of carboxylic acid groups (broad SMARTS) is 1. The summed E-state index contributed by atoms with van der Waals surface area (Å²) in [6, 6.07) is 4.33. The number of carboxylic acids is 1. The van der Waals surface area contributed by atoms with Crippen LogP contribution in [0.2, 0.25) is 0 Å². The summed E-state index contributed by atoms with van der Waals surface area (Å²) in [4.78, 5) is 21.7. The lowest BCUT2D eigenvalue weighted by Crippen LogP contribution is -2.13. The molecule has 0 atom stereocenters. The van der Waals surface area contributed by atoms with Gasteiger partial charge in [-0.25, -0.2) is 0 Å². The van der Waals surface area contributed by atoms with Gasteiger partial charge in [-0.1, -0.05) is 18.2 Å². The standard InChI is InChI=1S/C11H9F3O3/c12-11(13,14)8-4-2-1-3-7(8)9(15)5-6-10(16)17/h1-4H,5-6H2,(H,16,17). The third-order valence-corrected chi connectivity index (χ3v) is 2.10. The lowest BCUT2D eigenvalue weighted by atomic mass is 10.0. The highest BCUT2D eigenvalue weighted by Gasteiger charge is 2.34. The normalized spacial score (nSPS) is 11.2. The summed E-state index contributed by atoms with van der Waals surface area (Å²) in [5.74, 6) is -2.04. The Bertz CT molecular complexity index is 438. The Labute approximate surface area is 94.9 Å². The van der Waals surface area contributed by atoms with Gasteiger partial charge >= 0.3 is 12.1 Å². The van der Waals surface area contributed by atoms with Crippen molar-refractivity contribution < 1.29 is 27.9 Å². The van der Waals surface area contributed by atoms with Crippen molar-refractivity contribution in [2.45, 2.75) is 19.0 Å². The number of aliphatic carboxylic acids is 1. The average molecular weight is 246 g/mol. The average Bonchev–Trinajstić information content (AvgIpc) is 2.24. The molecule has 17 heavy (non-hydrogen) atoms. The van der Waals surface area contributed by atoms with Gasteiger partial charge in [0.1, 0.15) is 0 Å².